The van der Waals surface area contributed by atoms with Crippen molar-refractivity contribution in [3.05, 3.63) is 59.4 Å². The summed E-state index contributed by atoms with van der Waals surface area (Å²) in [5.74, 6) is 0.293. The Morgan fingerprint density at radius 2 is 1.73 bits per heavy atom. The summed E-state index contributed by atoms with van der Waals surface area (Å²) in [5.41, 5.74) is 8.40. The number of β-amino-alcohol motifs (C(OH)–C–C–N with tert-alkyl or cyclic N) is 1. The van der Waals surface area contributed by atoms with Crippen LogP contribution in [0.3, 0.4) is 0 Å². The molecule has 12 heteroatoms. The number of hydrogen-bond acceptors (Lipinski definition) is 8. The van der Waals surface area contributed by atoms with Gasteiger partial charge in [0.2, 0.25) is 5.95 Å². The predicted octanol–water partition coefficient (Wildman–Crippen LogP) is 2.66. The van der Waals surface area contributed by atoms with Gasteiger partial charge >= 0.3 is 0 Å². The van der Waals surface area contributed by atoms with Gasteiger partial charge in [0.1, 0.15) is 17.5 Å². The van der Waals surface area contributed by atoms with Crippen molar-refractivity contribution in [3.8, 4) is 5.82 Å². The van der Waals surface area contributed by atoms with Gasteiger partial charge < -0.3 is 20.6 Å². The number of aliphatic hydroxyl groups is 1. The fourth-order valence-corrected chi connectivity index (χ4v) is 4.71. The second-order valence-corrected chi connectivity index (χ2v) is 9.42. The van der Waals surface area contributed by atoms with E-state index in [2.05, 4.69) is 33.0 Å². The SMILES string of the molecule is Cc1c(/C=C/CN2CCN(c3cc(F)cc(F)c3)C[C@@H]2C)cnn1-c1cc(N2CC(O)C2)nc(N)n1.Cl. The third-order valence-corrected chi connectivity index (χ3v) is 6.78. The molecule has 0 radical (unpaired) electrons. The van der Waals surface area contributed by atoms with E-state index in [0.717, 1.165) is 30.4 Å². The Hall–Kier alpha value is -3.28. The first-order chi connectivity index (χ1) is 17.3. The lowest BCUT2D eigenvalue weighted by Crippen LogP contribution is -2.51. The lowest BCUT2D eigenvalue weighted by Gasteiger charge is -2.40. The lowest BCUT2D eigenvalue weighted by atomic mass is 10.1. The highest BCUT2D eigenvalue weighted by Gasteiger charge is 2.27. The lowest BCUT2D eigenvalue weighted by molar-refractivity contribution is 0.141. The van der Waals surface area contributed by atoms with E-state index in [1.165, 1.54) is 12.1 Å². The van der Waals surface area contributed by atoms with Crippen molar-refractivity contribution in [2.45, 2.75) is 26.0 Å². The van der Waals surface area contributed by atoms with Crippen LogP contribution in [0.4, 0.5) is 26.2 Å². The molecule has 2 saturated heterocycles. The van der Waals surface area contributed by atoms with Gasteiger partial charge in [0.05, 0.1) is 18.0 Å². The number of halogens is 3. The molecule has 3 N–H and O–H groups in total. The molecule has 0 aliphatic carbocycles. The summed E-state index contributed by atoms with van der Waals surface area (Å²) in [6.45, 7) is 8.06. The van der Waals surface area contributed by atoms with Crippen LogP contribution in [0.25, 0.3) is 11.9 Å². The minimum atomic E-state index is -0.556. The molecule has 2 fully saturated rings. The predicted molar refractivity (Wildman–Crippen MR) is 142 cm³/mol. The second-order valence-electron chi connectivity index (χ2n) is 9.42. The van der Waals surface area contributed by atoms with Crippen LogP contribution in [0.15, 0.2) is 36.5 Å². The van der Waals surface area contributed by atoms with Crippen molar-refractivity contribution in [1.82, 2.24) is 24.6 Å². The number of hydrogen-bond donors (Lipinski definition) is 2. The summed E-state index contributed by atoms with van der Waals surface area (Å²) in [7, 11) is 0. The van der Waals surface area contributed by atoms with E-state index in [1.807, 2.05) is 28.9 Å². The minimum Gasteiger partial charge on any atom is -0.389 e. The number of anilines is 3. The smallest absolute Gasteiger partial charge is 0.224 e. The summed E-state index contributed by atoms with van der Waals surface area (Å²) in [5, 5.41) is 14.1. The Kier molecular flexibility index (Phi) is 7.96. The molecule has 4 heterocycles. The third kappa shape index (κ3) is 5.84. The zero-order chi connectivity index (χ0) is 25.4. The first kappa shape index (κ1) is 26.8. The first-order valence-electron chi connectivity index (χ1n) is 12.0. The Morgan fingerprint density at radius 3 is 2.41 bits per heavy atom. The fraction of sp³-hybridized carbons (Fsp3) is 0.400. The third-order valence-electron chi connectivity index (χ3n) is 6.78. The van der Waals surface area contributed by atoms with Crippen LogP contribution in [0.2, 0.25) is 0 Å². The number of nitrogens with two attached hydrogens (primary N) is 1. The highest BCUT2D eigenvalue weighted by Crippen LogP contribution is 2.24. The molecular weight excluding hydrogens is 502 g/mol. The molecule has 0 bridgehead atoms. The monoisotopic (exact) mass is 532 g/mol. The summed E-state index contributed by atoms with van der Waals surface area (Å²) < 4.78 is 29.0. The number of benzene rings is 1. The number of rotatable bonds is 6. The van der Waals surface area contributed by atoms with Crippen LogP contribution in [0, 0.1) is 18.6 Å². The molecule has 198 valence electrons. The van der Waals surface area contributed by atoms with Crippen molar-refractivity contribution in [3.63, 3.8) is 0 Å². The molecular formula is C25H31ClF2N8O. The molecule has 3 aromatic rings. The normalized spacial score (nSPS) is 18.8. The van der Waals surface area contributed by atoms with Crippen LogP contribution in [-0.4, -0.2) is 81.2 Å². The van der Waals surface area contributed by atoms with Crippen molar-refractivity contribution in [2.75, 3.05) is 54.8 Å². The van der Waals surface area contributed by atoms with Crippen LogP contribution in [0.5, 0.6) is 0 Å². The van der Waals surface area contributed by atoms with E-state index < -0.39 is 11.6 Å². The maximum Gasteiger partial charge on any atom is 0.224 e. The molecule has 2 aliphatic heterocycles. The van der Waals surface area contributed by atoms with Crippen LogP contribution in [-0.2, 0) is 0 Å². The van der Waals surface area contributed by atoms with E-state index in [1.54, 1.807) is 10.9 Å². The van der Waals surface area contributed by atoms with Gasteiger partial charge in [-0.25, -0.2) is 13.5 Å². The molecule has 2 aromatic heterocycles. The molecule has 5 rings (SSSR count). The average Bonchev–Trinajstić information content (AvgIpc) is 3.17. The molecule has 1 atom stereocenters. The van der Waals surface area contributed by atoms with Gasteiger partial charge in [0, 0.05) is 68.7 Å². The van der Waals surface area contributed by atoms with E-state index in [-0.39, 0.29) is 30.5 Å². The van der Waals surface area contributed by atoms with Crippen molar-refractivity contribution >= 4 is 35.9 Å². The van der Waals surface area contributed by atoms with Gasteiger partial charge in [0.15, 0.2) is 5.82 Å². The highest BCUT2D eigenvalue weighted by molar-refractivity contribution is 5.85. The van der Waals surface area contributed by atoms with Gasteiger partial charge in [-0.05, 0) is 26.0 Å². The zero-order valence-electron chi connectivity index (χ0n) is 20.8. The van der Waals surface area contributed by atoms with E-state index >= 15 is 0 Å². The second kappa shape index (κ2) is 11.0. The van der Waals surface area contributed by atoms with Gasteiger partial charge in [0.25, 0.3) is 0 Å². The zero-order valence-corrected chi connectivity index (χ0v) is 21.6. The number of nitrogens with zero attached hydrogens (tertiary/aromatic N) is 7. The topological polar surface area (TPSA) is 99.6 Å². The largest absolute Gasteiger partial charge is 0.389 e. The Labute approximate surface area is 220 Å². The summed E-state index contributed by atoms with van der Waals surface area (Å²) >= 11 is 0. The Morgan fingerprint density at radius 1 is 1.03 bits per heavy atom. The summed E-state index contributed by atoms with van der Waals surface area (Å²) in [6, 6.07) is 5.70. The standard InChI is InChI=1S/C25H30F2N8O.ClH/c1-16-13-33(21-9-19(26)8-20(27)10-21)7-6-32(16)5-3-4-18-12-29-35(17(18)2)24-11-23(30-25(28)31-24)34-14-22(36)15-34;/h3-4,8-12,16,22,36H,5-7,13-15H2,1-2H3,(H2,28,30,31);1H/b4-3+;/t16-;/m0./s1. The first-order valence-corrected chi connectivity index (χ1v) is 12.0. The maximum atomic E-state index is 13.6. The van der Waals surface area contributed by atoms with Crippen molar-refractivity contribution in [1.29, 1.82) is 0 Å². The van der Waals surface area contributed by atoms with Crippen molar-refractivity contribution < 1.29 is 13.9 Å². The maximum absolute atomic E-state index is 13.6. The number of nitrogen functional groups attached to an aromatic ring is 1. The van der Waals surface area contributed by atoms with Gasteiger partial charge in [-0.1, -0.05) is 12.2 Å². The molecule has 2 aliphatic rings. The van der Waals surface area contributed by atoms with Crippen molar-refractivity contribution in [2.24, 2.45) is 0 Å². The Balaban J connectivity index is 0.00000320. The fourth-order valence-electron chi connectivity index (χ4n) is 4.71. The molecule has 37 heavy (non-hydrogen) atoms. The summed E-state index contributed by atoms with van der Waals surface area (Å²) in [4.78, 5) is 14.9. The van der Waals surface area contributed by atoms with Crippen LogP contribution >= 0.6 is 12.4 Å². The quantitative estimate of drug-likeness (QED) is 0.500. The molecule has 0 amide bonds. The number of piperazine rings is 1. The summed E-state index contributed by atoms with van der Waals surface area (Å²) in [6.07, 6.45) is 5.58. The van der Waals surface area contributed by atoms with Gasteiger partial charge in [-0.2, -0.15) is 15.1 Å². The Bertz CT molecular complexity index is 1260. The van der Waals surface area contributed by atoms with Gasteiger partial charge in [-0.3, -0.25) is 4.90 Å². The molecule has 0 unspecified atom stereocenters. The van der Waals surface area contributed by atoms with Crippen LogP contribution in [0.1, 0.15) is 18.2 Å². The molecule has 0 saturated carbocycles. The van der Waals surface area contributed by atoms with Crippen LogP contribution < -0.4 is 15.5 Å². The molecule has 9 nitrogen and oxygen atoms in total. The van der Waals surface area contributed by atoms with E-state index in [4.69, 9.17) is 5.73 Å². The number of aliphatic hydroxyl groups excluding tert-OH is 1. The molecule has 0 spiro atoms. The molecule has 1 aromatic carbocycles. The van der Waals surface area contributed by atoms with Gasteiger partial charge in [-0.15, -0.1) is 12.4 Å². The highest BCUT2D eigenvalue weighted by atomic mass is 35.5. The van der Waals surface area contributed by atoms with E-state index in [0.29, 0.717) is 43.5 Å². The minimum absolute atomic E-state index is 0. The number of aromatic nitrogens is 4. The van der Waals surface area contributed by atoms with E-state index in [9.17, 15) is 13.9 Å². The average molecular weight is 533 g/mol.